The number of fused-ring (bicyclic) bond motifs is 1. The molecule has 0 radical (unpaired) electrons. The zero-order valence-corrected chi connectivity index (χ0v) is 13.3. The Bertz CT molecular complexity index is 892. The van der Waals surface area contributed by atoms with Crippen molar-refractivity contribution in [3.8, 4) is 22.1 Å². The van der Waals surface area contributed by atoms with Crippen molar-refractivity contribution in [2.45, 2.75) is 0 Å². The molecule has 4 heteroatoms. The van der Waals surface area contributed by atoms with Gasteiger partial charge in [-0.05, 0) is 36.4 Å². The van der Waals surface area contributed by atoms with Gasteiger partial charge in [-0.1, -0.05) is 40.2 Å². The van der Waals surface area contributed by atoms with Crippen molar-refractivity contribution in [3.05, 3.63) is 65.1 Å². The van der Waals surface area contributed by atoms with Crippen LogP contribution in [-0.2, 0) is 0 Å². The normalized spacial score (nSPS) is 11.1. The van der Waals surface area contributed by atoms with Gasteiger partial charge in [-0.3, -0.25) is 0 Å². The van der Waals surface area contributed by atoms with Crippen molar-refractivity contribution in [1.29, 1.82) is 0 Å². The average molecular weight is 356 g/mol. The maximum absolute atomic E-state index is 5.97. The Hall–Kier alpha value is -1.91. The first-order chi connectivity index (χ1) is 10.3. The van der Waals surface area contributed by atoms with E-state index in [0.717, 1.165) is 32.1 Å². The van der Waals surface area contributed by atoms with Crippen LogP contribution >= 0.6 is 27.3 Å². The topological polar surface area (TPSA) is 26.0 Å². The Labute approximate surface area is 134 Å². The van der Waals surface area contributed by atoms with Gasteiger partial charge >= 0.3 is 0 Å². The minimum Gasteiger partial charge on any atom is -0.454 e. The Balaban J connectivity index is 1.77. The Morgan fingerprint density at radius 2 is 1.76 bits per heavy atom. The molecule has 0 N–H and O–H groups in total. The van der Waals surface area contributed by atoms with Crippen LogP contribution in [0, 0.1) is 0 Å². The summed E-state index contributed by atoms with van der Waals surface area (Å²) in [5.74, 6) is 1.66. The maximum Gasteiger partial charge on any atom is 0.163 e. The summed E-state index contributed by atoms with van der Waals surface area (Å²) in [5, 5.41) is 0.914. The third-order valence-corrected chi connectivity index (χ3v) is 4.76. The smallest absolute Gasteiger partial charge is 0.163 e. The fraction of sp³-hybridized carbons (Fsp3) is 0. The van der Waals surface area contributed by atoms with E-state index in [1.54, 1.807) is 11.3 Å². The molecule has 4 aromatic rings. The van der Waals surface area contributed by atoms with Gasteiger partial charge in [-0.2, -0.15) is 0 Å². The number of halogens is 1. The van der Waals surface area contributed by atoms with E-state index in [2.05, 4.69) is 27.0 Å². The molecule has 0 atom stereocenters. The van der Waals surface area contributed by atoms with Crippen molar-refractivity contribution in [3.63, 3.8) is 0 Å². The summed E-state index contributed by atoms with van der Waals surface area (Å²) in [5.41, 5.74) is 2.06. The predicted octanol–water partition coefficient (Wildman–Crippen LogP) is 5.99. The number of hydrogen-bond acceptors (Lipinski definition) is 3. The van der Waals surface area contributed by atoms with Gasteiger partial charge in [-0.25, -0.2) is 4.98 Å². The maximum atomic E-state index is 5.97. The minimum atomic E-state index is 0.811. The van der Waals surface area contributed by atoms with Gasteiger partial charge in [0.05, 0.1) is 10.2 Å². The van der Waals surface area contributed by atoms with Crippen LogP contribution in [-0.4, -0.2) is 4.98 Å². The van der Waals surface area contributed by atoms with E-state index in [1.165, 1.54) is 4.70 Å². The second-order valence-corrected chi connectivity index (χ2v) is 6.61. The third-order valence-electron chi connectivity index (χ3n) is 3.22. The summed E-state index contributed by atoms with van der Waals surface area (Å²) in [6, 6.07) is 20.2. The third kappa shape index (κ3) is 2.41. The molecule has 0 aliphatic carbocycles. The number of furan rings is 1. The second kappa shape index (κ2) is 5.13. The molecular formula is C17H10BrNOS. The fourth-order valence-corrected chi connectivity index (χ4v) is 3.55. The number of nitrogens with zero attached hydrogens (tertiary/aromatic N) is 1. The highest BCUT2D eigenvalue weighted by Crippen LogP contribution is 2.34. The Kier molecular flexibility index (Phi) is 3.13. The lowest BCUT2D eigenvalue weighted by Gasteiger charge is -1.97. The van der Waals surface area contributed by atoms with Crippen LogP contribution in [0.1, 0.15) is 0 Å². The van der Waals surface area contributed by atoms with Crippen LogP contribution < -0.4 is 0 Å². The SMILES string of the molecule is Brc1cccc(-c2ccc(-c3nc4ccccc4s3)o2)c1. The summed E-state index contributed by atoms with van der Waals surface area (Å²) < 4.78 is 8.18. The highest BCUT2D eigenvalue weighted by atomic mass is 79.9. The molecule has 0 saturated heterocycles. The van der Waals surface area contributed by atoms with E-state index in [1.807, 2.05) is 54.6 Å². The molecule has 21 heavy (non-hydrogen) atoms. The number of hydrogen-bond donors (Lipinski definition) is 0. The first kappa shape index (κ1) is 12.8. The monoisotopic (exact) mass is 355 g/mol. The largest absolute Gasteiger partial charge is 0.454 e. The summed E-state index contributed by atoms with van der Waals surface area (Å²) in [7, 11) is 0. The summed E-state index contributed by atoms with van der Waals surface area (Å²) in [4.78, 5) is 4.62. The number of para-hydroxylation sites is 1. The second-order valence-electron chi connectivity index (χ2n) is 4.66. The van der Waals surface area contributed by atoms with Crippen molar-refractivity contribution in [2.24, 2.45) is 0 Å². The molecule has 102 valence electrons. The lowest BCUT2D eigenvalue weighted by atomic mass is 10.2. The van der Waals surface area contributed by atoms with Crippen LogP contribution in [0.2, 0.25) is 0 Å². The number of thiazole rings is 1. The first-order valence-electron chi connectivity index (χ1n) is 6.51. The molecule has 0 spiro atoms. The molecule has 0 saturated carbocycles. The Morgan fingerprint density at radius 1 is 0.905 bits per heavy atom. The highest BCUT2D eigenvalue weighted by Gasteiger charge is 2.11. The van der Waals surface area contributed by atoms with E-state index < -0.39 is 0 Å². The molecule has 2 nitrogen and oxygen atoms in total. The van der Waals surface area contributed by atoms with Gasteiger partial charge in [0.15, 0.2) is 10.8 Å². The fourth-order valence-electron chi connectivity index (χ4n) is 2.23. The highest BCUT2D eigenvalue weighted by molar-refractivity contribution is 9.10. The zero-order chi connectivity index (χ0) is 14.2. The summed E-state index contributed by atoms with van der Waals surface area (Å²) in [6.07, 6.45) is 0. The number of rotatable bonds is 2. The van der Waals surface area contributed by atoms with Gasteiger partial charge in [0.2, 0.25) is 0 Å². The van der Waals surface area contributed by atoms with Gasteiger partial charge in [0.1, 0.15) is 5.76 Å². The van der Waals surface area contributed by atoms with Crippen LogP contribution in [0.25, 0.3) is 32.3 Å². The zero-order valence-electron chi connectivity index (χ0n) is 10.9. The standard InChI is InChI=1S/C17H10BrNOS/c18-12-5-3-4-11(10-12)14-8-9-15(20-14)17-19-13-6-1-2-7-16(13)21-17/h1-10H. The average Bonchev–Trinajstić information content (AvgIpc) is 3.14. The number of benzene rings is 2. The van der Waals surface area contributed by atoms with E-state index in [-0.39, 0.29) is 0 Å². The predicted molar refractivity (Wildman–Crippen MR) is 90.5 cm³/mol. The summed E-state index contributed by atoms with van der Waals surface area (Å²) >= 11 is 5.13. The molecule has 2 aromatic heterocycles. The quantitative estimate of drug-likeness (QED) is 0.441. The molecule has 2 aromatic carbocycles. The van der Waals surface area contributed by atoms with Gasteiger partial charge in [0, 0.05) is 10.0 Å². The molecule has 0 unspecified atom stereocenters. The van der Waals surface area contributed by atoms with E-state index in [9.17, 15) is 0 Å². The molecule has 0 bridgehead atoms. The van der Waals surface area contributed by atoms with Crippen LogP contribution in [0.4, 0.5) is 0 Å². The van der Waals surface area contributed by atoms with Gasteiger partial charge < -0.3 is 4.42 Å². The van der Waals surface area contributed by atoms with Crippen molar-refractivity contribution in [2.75, 3.05) is 0 Å². The Morgan fingerprint density at radius 3 is 2.62 bits per heavy atom. The molecule has 2 heterocycles. The van der Waals surface area contributed by atoms with Crippen molar-refractivity contribution < 1.29 is 4.42 Å². The van der Waals surface area contributed by atoms with Crippen molar-refractivity contribution >= 4 is 37.5 Å². The number of aromatic nitrogens is 1. The van der Waals surface area contributed by atoms with E-state index >= 15 is 0 Å². The van der Waals surface area contributed by atoms with Crippen LogP contribution in [0.3, 0.4) is 0 Å². The molecule has 0 fully saturated rings. The van der Waals surface area contributed by atoms with Crippen LogP contribution in [0.5, 0.6) is 0 Å². The molecule has 0 aliphatic rings. The first-order valence-corrected chi connectivity index (χ1v) is 8.12. The van der Waals surface area contributed by atoms with E-state index in [0.29, 0.717) is 0 Å². The van der Waals surface area contributed by atoms with Gasteiger partial charge in [0.25, 0.3) is 0 Å². The molecule has 0 aliphatic heterocycles. The summed E-state index contributed by atoms with van der Waals surface area (Å²) in [6.45, 7) is 0. The molecule has 0 amide bonds. The van der Waals surface area contributed by atoms with E-state index in [4.69, 9.17) is 4.42 Å². The lowest BCUT2D eigenvalue weighted by Crippen LogP contribution is -1.73. The van der Waals surface area contributed by atoms with Crippen LogP contribution in [0.15, 0.2) is 69.6 Å². The molecular weight excluding hydrogens is 346 g/mol. The van der Waals surface area contributed by atoms with Gasteiger partial charge in [-0.15, -0.1) is 11.3 Å². The minimum absolute atomic E-state index is 0.811. The lowest BCUT2D eigenvalue weighted by molar-refractivity contribution is 0.597. The molecule has 4 rings (SSSR count). The van der Waals surface area contributed by atoms with Crippen molar-refractivity contribution in [1.82, 2.24) is 4.98 Å².